The van der Waals surface area contributed by atoms with Crippen LogP contribution in [-0.4, -0.2) is 35.7 Å². The summed E-state index contributed by atoms with van der Waals surface area (Å²) in [5.74, 6) is -0.905. The Hall–Kier alpha value is -1.10. The summed E-state index contributed by atoms with van der Waals surface area (Å²) in [5.41, 5.74) is -0.604. The Kier molecular flexibility index (Phi) is 6.12. The summed E-state index contributed by atoms with van der Waals surface area (Å²) in [5, 5.41) is 11.9. The summed E-state index contributed by atoms with van der Waals surface area (Å²) in [4.78, 5) is 22.8. The van der Waals surface area contributed by atoms with Crippen LogP contribution in [0.15, 0.2) is 0 Å². The fraction of sp³-hybridized carbons (Fsp3) is 0.846. The zero-order valence-electron chi connectivity index (χ0n) is 11.0. The van der Waals surface area contributed by atoms with Crippen molar-refractivity contribution in [1.29, 1.82) is 0 Å². The number of hydrogen-bond acceptors (Lipinski definition) is 3. The van der Waals surface area contributed by atoms with Crippen LogP contribution < -0.4 is 5.32 Å². The van der Waals surface area contributed by atoms with Gasteiger partial charge in [0.05, 0.1) is 12.0 Å². The molecule has 2 N–H and O–H groups in total. The molecule has 18 heavy (non-hydrogen) atoms. The van der Waals surface area contributed by atoms with Crippen molar-refractivity contribution in [3.05, 3.63) is 0 Å². The van der Waals surface area contributed by atoms with Crippen molar-refractivity contribution in [1.82, 2.24) is 5.32 Å². The molecular weight excluding hydrogens is 234 g/mol. The van der Waals surface area contributed by atoms with Gasteiger partial charge in [-0.15, -0.1) is 0 Å². The minimum Gasteiger partial charge on any atom is -0.481 e. The molecule has 1 fully saturated rings. The maximum absolute atomic E-state index is 11.8. The van der Waals surface area contributed by atoms with Crippen molar-refractivity contribution < 1.29 is 19.4 Å². The van der Waals surface area contributed by atoms with Crippen molar-refractivity contribution in [2.24, 2.45) is 0 Å². The van der Waals surface area contributed by atoms with E-state index in [4.69, 9.17) is 9.84 Å². The lowest BCUT2D eigenvalue weighted by atomic mass is 9.86. The van der Waals surface area contributed by atoms with Gasteiger partial charge in [-0.25, -0.2) is 0 Å². The van der Waals surface area contributed by atoms with Gasteiger partial charge in [-0.1, -0.05) is 19.8 Å². The summed E-state index contributed by atoms with van der Waals surface area (Å²) < 4.78 is 5.24. The molecule has 0 saturated carbocycles. The third-order valence-corrected chi connectivity index (χ3v) is 3.35. The Morgan fingerprint density at radius 2 is 1.94 bits per heavy atom. The molecule has 0 unspecified atom stereocenters. The summed E-state index contributed by atoms with van der Waals surface area (Å²) in [6.07, 6.45) is 4.59. The van der Waals surface area contributed by atoms with Gasteiger partial charge in [0.2, 0.25) is 5.91 Å². The molecule has 5 heteroatoms. The number of unbranched alkanes of at least 4 members (excludes halogenated alkanes) is 2. The Bertz CT molecular complexity index is 285. The van der Waals surface area contributed by atoms with E-state index in [0.717, 1.165) is 19.3 Å². The number of carboxylic acid groups (broad SMARTS) is 1. The molecule has 1 heterocycles. The fourth-order valence-electron chi connectivity index (χ4n) is 2.29. The predicted octanol–water partition coefficient (Wildman–Crippen LogP) is 1.71. The van der Waals surface area contributed by atoms with E-state index < -0.39 is 11.5 Å². The normalized spacial score (nSPS) is 18.3. The highest BCUT2D eigenvalue weighted by atomic mass is 16.5. The topological polar surface area (TPSA) is 75.6 Å². The van der Waals surface area contributed by atoms with Crippen LogP contribution in [0.5, 0.6) is 0 Å². The van der Waals surface area contributed by atoms with E-state index in [1.54, 1.807) is 0 Å². The maximum Gasteiger partial charge on any atom is 0.305 e. The van der Waals surface area contributed by atoms with Gasteiger partial charge < -0.3 is 15.2 Å². The lowest BCUT2D eigenvalue weighted by molar-refractivity contribution is -0.140. The maximum atomic E-state index is 11.8. The first-order valence-electron chi connectivity index (χ1n) is 6.68. The van der Waals surface area contributed by atoms with Gasteiger partial charge in [0.15, 0.2) is 0 Å². The van der Waals surface area contributed by atoms with Crippen molar-refractivity contribution in [3.63, 3.8) is 0 Å². The molecule has 0 aromatic rings. The first kappa shape index (κ1) is 15.0. The average molecular weight is 257 g/mol. The predicted molar refractivity (Wildman–Crippen MR) is 67.3 cm³/mol. The number of carbonyl (C=O) groups excluding carboxylic acids is 1. The number of ether oxygens (including phenoxy) is 1. The minimum atomic E-state index is -0.870. The van der Waals surface area contributed by atoms with Crippen LogP contribution >= 0.6 is 0 Å². The van der Waals surface area contributed by atoms with Gasteiger partial charge in [-0.05, 0) is 19.3 Å². The number of aliphatic carboxylic acids is 1. The Balaban J connectivity index is 2.49. The number of amides is 1. The monoisotopic (exact) mass is 257 g/mol. The molecule has 0 aliphatic carbocycles. The lowest BCUT2D eigenvalue weighted by Gasteiger charge is -2.36. The second kappa shape index (κ2) is 7.36. The summed E-state index contributed by atoms with van der Waals surface area (Å²) in [6.45, 7) is 3.12. The highest BCUT2D eigenvalue weighted by Crippen LogP contribution is 2.24. The molecule has 0 aromatic heterocycles. The number of carbonyl (C=O) groups is 2. The molecule has 104 valence electrons. The number of rotatable bonds is 7. The van der Waals surface area contributed by atoms with Gasteiger partial charge in [-0.3, -0.25) is 9.59 Å². The molecule has 0 atom stereocenters. The molecule has 0 aromatic carbocycles. The van der Waals surface area contributed by atoms with Crippen molar-refractivity contribution in [2.45, 2.75) is 57.4 Å². The van der Waals surface area contributed by atoms with Crippen LogP contribution in [0, 0.1) is 0 Å². The quantitative estimate of drug-likeness (QED) is 0.681. The van der Waals surface area contributed by atoms with E-state index in [2.05, 4.69) is 12.2 Å². The molecule has 0 bridgehead atoms. The van der Waals surface area contributed by atoms with E-state index in [0.29, 0.717) is 32.5 Å². The van der Waals surface area contributed by atoms with Gasteiger partial charge >= 0.3 is 5.97 Å². The van der Waals surface area contributed by atoms with Crippen LogP contribution in [-0.2, 0) is 14.3 Å². The summed E-state index contributed by atoms with van der Waals surface area (Å²) in [7, 11) is 0. The SMILES string of the molecule is CCCCCC(=O)NC1(CC(=O)O)CCOCC1. The van der Waals surface area contributed by atoms with Crippen LogP contribution in [0.3, 0.4) is 0 Å². The molecular formula is C13H23NO4. The first-order chi connectivity index (χ1) is 8.58. The number of nitrogens with one attached hydrogen (secondary N) is 1. The van der Waals surface area contributed by atoms with E-state index in [1.165, 1.54) is 0 Å². The molecule has 0 radical (unpaired) electrons. The largest absolute Gasteiger partial charge is 0.481 e. The minimum absolute atomic E-state index is 0.0180. The standard InChI is InChI=1S/C13H23NO4/c1-2-3-4-5-11(15)14-13(10-12(16)17)6-8-18-9-7-13/h2-10H2,1H3,(H,14,15)(H,16,17). The summed E-state index contributed by atoms with van der Waals surface area (Å²) in [6, 6.07) is 0. The van der Waals surface area contributed by atoms with Crippen molar-refractivity contribution in [2.75, 3.05) is 13.2 Å². The van der Waals surface area contributed by atoms with E-state index >= 15 is 0 Å². The highest BCUT2D eigenvalue weighted by Gasteiger charge is 2.36. The summed E-state index contributed by atoms with van der Waals surface area (Å²) >= 11 is 0. The van der Waals surface area contributed by atoms with Crippen LogP contribution in [0.1, 0.15) is 51.9 Å². The third-order valence-electron chi connectivity index (χ3n) is 3.35. The smallest absolute Gasteiger partial charge is 0.305 e. The zero-order chi connectivity index (χ0) is 13.4. The molecule has 1 saturated heterocycles. The molecule has 1 aliphatic rings. The van der Waals surface area contributed by atoms with Gasteiger partial charge in [-0.2, -0.15) is 0 Å². The Morgan fingerprint density at radius 1 is 1.28 bits per heavy atom. The number of carboxylic acids is 1. The molecule has 1 aliphatic heterocycles. The molecule has 1 amide bonds. The van der Waals surface area contributed by atoms with Crippen LogP contribution in [0.2, 0.25) is 0 Å². The van der Waals surface area contributed by atoms with Gasteiger partial charge in [0, 0.05) is 19.6 Å². The highest BCUT2D eigenvalue weighted by molar-refractivity contribution is 5.78. The molecule has 5 nitrogen and oxygen atoms in total. The van der Waals surface area contributed by atoms with E-state index in [1.807, 2.05) is 0 Å². The van der Waals surface area contributed by atoms with Gasteiger partial charge in [0.25, 0.3) is 0 Å². The van der Waals surface area contributed by atoms with Crippen LogP contribution in [0.25, 0.3) is 0 Å². The van der Waals surface area contributed by atoms with E-state index in [9.17, 15) is 9.59 Å². The Labute approximate surface area is 108 Å². The van der Waals surface area contributed by atoms with Crippen molar-refractivity contribution >= 4 is 11.9 Å². The van der Waals surface area contributed by atoms with Gasteiger partial charge in [0.1, 0.15) is 0 Å². The first-order valence-corrected chi connectivity index (χ1v) is 6.68. The zero-order valence-corrected chi connectivity index (χ0v) is 11.0. The molecule has 0 spiro atoms. The van der Waals surface area contributed by atoms with E-state index in [-0.39, 0.29) is 12.3 Å². The third kappa shape index (κ3) is 5.04. The van der Waals surface area contributed by atoms with Crippen molar-refractivity contribution in [3.8, 4) is 0 Å². The number of hydrogen-bond donors (Lipinski definition) is 2. The second-order valence-electron chi connectivity index (χ2n) is 4.97. The molecule has 1 rings (SSSR count). The average Bonchev–Trinajstić information content (AvgIpc) is 2.29. The Morgan fingerprint density at radius 3 is 2.50 bits per heavy atom. The lowest BCUT2D eigenvalue weighted by Crippen LogP contribution is -2.53. The fourth-order valence-corrected chi connectivity index (χ4v) is 2.29. The van der Waals surface area contributed by atoms with Crippen LogP contribution in [0.4, 0.5) is 0 Å². The second-order valence-corrected chi connectivity index (χ2v) is 4.97.